The van der Waals surface area contributed by atoms with Gasteiger partial charge in [-0.25, -0.2) is 0 Å². The van der Waals surface area contributed by atoms with Gasteiger partial charge >= 0.3 is 5.97 Å². The molecule has 1 aliphatic rings. The van der Waals surface area contributed by atoms with E-state index in [9.17, 15) is 4.79 Å². The second-order valence-corrected chi connectivity index (χ2v) is 5.97. The van der Waals surface area contributed by atoms with Crippen molar-refractivity contribution in [2.75, 3.05) is 18.4 Å². The Hall–Kier alpha value is -0.590. The molecule has 0 saturated carbocycles. The van der Waals surface area contributed by atoms with E-state index in [-0.39, 0.29) is 12.0 Å². The Morgan fingerprint density at radius 2 is 2.18 bits per heavy atom. The number of halogens is 2. The number of carbonyl (C=O) groups is 1. The largest absolute Gasteiger partial charge is 0.481 e. The number of nitrogens with one attached hydrogen (secondary N) is 2. The summed E-state index contributed by atoms with van der Waals surface area (Å²) in [6, 6.07) is 5.79. The van der Waals surface area contributed by atoms with Gasteiger partial charge in [-0.15, -0.1) is 0 Å². The molecule has 0 amide bonds. The third-order valence-corrected chi connectivity index (χ3v) is 3.93. The standard InChI is InChI=1S/C11H12Br2N2O2/c12-7-1-2-8(13)9(3-7)15-11(4-10(16)17)5-14-6-11/h1-3,14-15H,4-6H2,(H,16,17). The molecule has 6 heteroatoms. The number of carboxylic acids is 1. The minimum absolute atomic E-state index is 0.110. The predicted octanol–water partition coefficient (Wildman–Crippen LogP) is 2.44. The minimum Gasteiger partial charge on any atom is -0.481 e. The highest BCUT2D eigenvalue weighted by molar-refractivity contribution is 9.11. The topological polar surface area (TPSA) is 61.4 Å². The van der Waals surface area contributed by atoms with Gasteiger partial charge < -0.3 is 15.7 Å². The molecule has 1 aromatic rings. The van der Waals surface area contributed by atoms with Crippen LogP contribution in [0.5, 0.6) is 0 Å². The molecule has 3 N–H and O–H groups in total. The van der Waals surface area contributed by atoms with E-state index in [4.69, 9.17) is 5.11 Å². The van der Waals surface area contributed by atoms with Gasteiger partial charge in [0.15, 0.2) is 0 Å². The Morgan fingerprint density at radius 3 is 2.71 bits per heavy atom. The van der Waals surface area contributed by atoms with Crippen molar-refractivity contribution in [3.8, 4) is 0 Å². The van der Waals surface area contributed by atoms with Crippen molar-refractivity contribution in [3.05, 3.63) is 27.1 Å². The molecule has 1 heterocycles. The fourth-order valence-electron chi connectivity index (χ4n) is 1.85. The van der Waals surface area contributed by atoms with E-state index in [1.807, 2.05) is 18.2 Å². The molecule has 17 heavy (non-hydrogen) atoms. The van der Waals surface area contributed by atoms with E-state index in [1.165, 1.54) is 0 Å². The first-order valence-electron chi connectivity index (χ1n) is 5.17. The molecule has 1 aliphatic heterocycles. The van der Waals surface area contributed by atoms with Crippen LogP contribution in [0, 0.1) is 0 Å². The highest BCUT2D eigenvalue weighted by atomic mass is 79.9. The van der Waals surface area contributed by atoms with Gasteiger partial charge in [-0.2, -0.15) is 0 Å². The number of anilines is 1. The van der Waals surface area contributed by atoms with Crippen LogP contribution < -0.4 is 10.6 Å². The SMILES string of the molecule is O=C(O)CC1(Nc2cc(Br)ccc2Br)CNC1. The lowest BCUT2D eigenvalue weighted by molar-refractivity contribution is -0.138. The maximum Gasteiger partial charge on any atom is 0.305 e. The molecule has 0 spiro atoms. The molecular weight excluding hydrogens is 352 g/mol. The van der Waals surface area contributed by atoms with Crippen LogP contribution in [-0.4, -0.2) is 29.7 Å². The van der Waals surface area contributed by atoms with Crippen molar-refractivity contribution in [3.63, 3.8) is 0 Å². The Balaban J connectivity index is 2.18. The first-order chi connectivity index (χ1) is 8.01. The second kappa shape index (κ2) is 4.96. The Morgan fingerprint density at radius 1 is 1.47 bits per heavy atom. The van der Waals surface area contributed by atoms with E-state index < -0.39 is 5.97 Å². The fourth-order valence-corrected chi connectivity index (χ4v) is 2.56. The molecular formula is C11H12Br2N2O2. The predicted molar refractivity (Wildman–Crippen MR) is 73.3 cm³/mol. The number of benzene rings is 1. The molecule has 0 bridgehead atoms. The van der Waals surface area contributed by atoms with Gasteiger partial charge in [-0.3, -0.25) is 4.79 Å². The molecule has 4 nitrogen and oxygen atoms in total. The molecule has 1 saturated heterocycles. The molecule has 0 aromatic heterocycles. The normalized spacial score (nSPS) is 17.3. The number of hydrogen-bond donors (Lipinski definition) is 3. The Labute approximate surface area is 116 Å². The third kappa shape index (κ3) is 3.00. The van der Waals surface area contributed by atoms with Crippen LogP contribution in [0.2, 0.25) is 0 Å². The lowest BCUT2D eigenvalue weighted by atomic mass is 9.88. The second-order valence-electron chi connectivity index (χ2n) is 4.20. The van der Waals surface area contributed by atoms with E-state index >= 15 is 0 Å². The van der Waals surface area contributed by atoms with Crippen molar-refractivity contribution in [1.82, 2.24) is 5.32 Å². The number of aliphatic carboxylic acids is 1. The summed E-state index contributed by atoms with van der Waals surface area (Å²) in [4.78, 5) is 10.9. The van der Waals surface area contributed by atoms with E-state index in [0.717, 1.165) is 14.6 Å². The summed E-state index contributed by atoms with van der Waals surface area (Å²) in [6.07, 6.45) is 0.110. The number of carboxylic acid groups (broad SMARTS) is 1. The van der Waals surface area contributed by atoms with E-state index in [0.29, 0.717) is 13.1 Å². The van der Waals surface area contributed by atoms with Gasteiger partial charge in [0.25, 0.3) is 0 Å². The van der Waals surface area contributed by atoms with Crippen LogP contribution >= 0.6 is 31.9 Å². The summed E-state index contributed by atoms with van der Waals surface area (Å²) >= 11 is 6.85. The Kier molecular flexibility index (Phi) is 3.75. The van der Waals surface area contributed by atoms with Crippen LogP contribution in [0.15, 0.2) is 27.1 Å². The van der Waals surface area contributed by atoms with E-state index in [1.54, 1.807) is 0 Å². The third-order valence-electron chi connectivity index (χ3n) is 2.74. The average molecular weight is 364 g/mol. The number of rotatable bonds is 4. The van der Waals surface area contributed by atoms with Gasteiger partial charge in [0.1, 0.15) is 0 Å². The molecule has 2 rings (SSSR count). The van der Waals surface area contributed by atoms with Gasteiger partial charge in [-0.05, 0) is 34.1 Å². The first-order valence-corrected chi connectivity index (χ1v) is 6.75. The van der Waals surface area contributed by atoms with Crippen molar-refractivity contribution < 1.29 is 9.90 Å². The van der Waals surface area contributed by atoms with Gasteiger partial charge in [-0.1, -0.05) is 15.9 Å². The lowest BCUT2D eigenvalue weighted by Crippen LogP contribution is -2.65. The zero-order valence-corrected chi connectivity index (χ0v) is 12.1. The van der Waals surface area contributed by atoms with Crippen molar-refractivity contribution in [2.24, 2.45) is 0 Å². The maximum absolute atomic E-state index is 10.9. The molecule has 0 atom stereocenters. The van der Waals surface area contributed by atoms with Crippen molar-refractivity contribution in [2.45, 2.75) is 12.0 Å². The summed E-state index contributed by atoms with van der Waals surface area (Å²) in [5.41, 5.74) is 0.525. The highest BCUT2D eigenvalue weighted by Crippen LogP contribution is 2.31. The lowest BCUT2D eigenvalue weighted by Gasteiger charge is -2.43. The zero-order valence-electron chi connectivity index (χ0n) is 8.96. The Bertz CT molecular complexity index is 447. The van der Waals surface area contributed by atoms with Crippen LogP contribution in [0.4, 0.5) is 5.69 Å². The highest BCUT2D eigenvalue weighted by Gasteiger charge is 2.39. The summed E-state index contributed by atoms with van der Waals surface area (Å²) in [5.74, 6) is -0.787. The van der Waals surface area contributed by atoms with Crippen LogP contribution in [0.1, 0.15) is 6.42 Å². The molecule has 1 aromatic carbocycles. The molecule has 1 fully saturated rings. The summed E-state index contributed by atoms with van der Waals surface area (Å²) < 4.78 is 1.89. The van der Waals surface area contributed by atoms with Crippen LogP contribution in [-0.2, 0) is 4.79 Å². The monoisotopic (exact) mass is 362 g/mol. The van der Waals surface area contributed by atoms with Gasteiger partial charge in [0.05, 0.1) is 17.6 Å². The molecule has 92 valence electrons. The van der Waals surface area contributed by atoms with Gasteiger partial charge in [0.2, 0.25) is 0 Å². The van der Waals surface area contributed by atoms with Gasteiger partial charge in [0, 0.05) is 22.0 Å². The smallest absolute Gasteiger partial charge is 0.305 e. The summed E-state index contributed by atoms with van der Waals surface area (Å²) in [7, 11) is 0. The maximum atomic E-state index is 10.9. The average Bonchev–Trinajstić information content (AvgIpc) is 2.19. The molecule has 0 radical (unpaired) electrons. The number of hydrogen-bond acceptors (Lipinski definition) is 3. The van der Waals surface area contributed by atoms with Crippen LogP contribution in [0.3, 0.4) is 0 Å². The fraction of sp³-hybridized carbons (Fsp3) is 0.364. The zero-order chi connectivity index (χ0) is 12.5. The molecule has 0 unspecified atom stereocenters. The summed E-state index contributed by atoms with van der Waals surface area (Å²) in [5, 5.41) is 15.3. The first kappa shape index (κ1) is 12.9. The quantitative estimate of drug-likeness (QED) is 0.768. The summed E-state index contributed by atoms with van der Waals surface area (Å²) in [6.45, 7) is 1.33. The van der Waals surface area contributed by atoms with Crippen molar-refractivity contribution >= 4 is 43.5 Å². The van der Waals surface area contributed by atoms with Crippen molar-refractivity contribution in [1.29, 1.82) is 0 Å². The molecule has 0 aliphatic carbocycles. The van der Waals surface area contributed by atoms with Crippen LogP contribution in [0.25, 0.3) is 0 Å². The van der Waals surface area contributed by atoms with E-state index in [2.05, 4.69) is 42.5 Å². The minimum atomic E-state index is -0.787.